The van der Waals surface area contributed by atoms with Crippen molar-refractivity contribution in [3.63, 3.8) is 0 Å². The number of benzene rings is 2. The van der Waals surface area contributed by atoms with E-state index in [9.17, 15) is 14.7 Å². The summed E-state index contributed by atoms with van der Waals surface area (Å²) in [4.78, 5) is 23.6. The first kappa shape index (κ1) is 18.5. The Hall–Kier alpha value is -2.87. The number of amides is 2. The summed E-state index contributed by atoms with van der Waals surface area (Å²) in [6, 6.07) is 11.3. The second kappa shape index (κ2) is 8.84. The molecule has 2 amide bonds. The van der Waals surface area contributed by atoms with Crippen molar-refractivity contribution in [3.8, 4) is 11.5 Å². The van der Waals surface area contributed by atoms with E-state index in [-0.39, 0.29) is 18.2 Å². The van der Waals surface area contributed by atoms with E-state index in [1.165, 1.54) is 19.4 Å². The number of hydrogen-bond acceptors (Lipinski definition) is 5. The van der Waals surface area contributed by atoms with E-state index in [0.717, 1.165) is 4.47 Å². The van der Waals surface area contributed by atoms with E-state index in [1.54, 1.807) is 36.4 Å². The third-order valence-corrected chi connectivity index (χ3v) is 3.64. The number of hydrazone groups is 1. The van der Waals surface area contributed by atoms with Crippen LogP contribution in [0.4, 0.5) is 0 Å². The number of carbonyl (C=O) groups excluding carboxylic acids is 2. The lowest BCUT2D eigenvalue weighted by Gasteiger charge is -2.05. The molecule has 8 heteroatoms. The summed E-state index contributed by atoms with van der Waals surface area (Å²) in [5, 5.41) is 15.9. The van der Waals surface area contributed by atoms with E-state index < -0.39 is 5.91 Å². The van der Waals surface area contributed by atoms with Gasteiger partial charge in [0, 0.05) is 15.6 Å². The highest BCUT2D eigenvalue weighted by atomic mass is 79.9. The molecule has 0 atom stereocenters. The van der Waals surface area contributed by atoms with Crippen molar-refractivity contribution < 1.29 is 19.4 Å². The summed E-state index contributed by atoms with van der Waals surface area (Å²) in [7, 11) is 1.54. The summed E-state index contributed by atoms with van der Waals surface area (Å²) >= 11 is 3.27. The number of hydrogen-bond donors (Lipinski definition) is 3. The fourth-order valence-corrected chi connectivity index (χ4v) is 2.23. The van der Waals surface area contributed by atoms with Gasteiger partial charge < -0.3 is 15.2 Å². The maximum atomic E-state index is 11.9. The van der Waals surface area contributed by atoms with Crippen molar-refractivity contribution in [2.75, 3.05) is 13.7 Å². The molecule has 0 spiro atoms. The number of halogens is 1. The van der Waals surface area contributed by atoms with Gasteiger partial charge in [-0.3, -0.25) is 9.59 Å². The van der Waals surface area contributed by atoms with Crippen molar-refractivity contribution >= 4 is 34.0 Å². The molecule has 0 bridgehead atoms. The topological polar surface area (TPSA) is 100 Å². The molecule has 2 rings (SSSR count). The molecular weight excluding hydrogens is 390 g/mol. The Morgan fingerprint density at radius 3 is 2.64 bits per heavy atom. The Balaban J connectivity index is 1.82. The average molecular weight is 406 g/mol. The van der Waals surface area contributed by atoms with E-state index >= 15 is 0 Å². The summed E-state index contributed by atoms with van der Waals surface area (Å²) in [5.74, 6) is -0.201. The number of aromatic hydroxyl groups is 1. The van der Waals surface area contributed by atoms with Crippen LogP contribution in [0.2, 0.25) is 0 Å². The molecule has 0 saturated carbocycles. The van der Waals surface area contributed by atoms with Crippen LogP contribution in [0.3, 0.4) is 0 Å². The zero-order valence-electron chi connectivity index (χ0n) is 13.3. The van der Waals surface area contributed by atoms with Crippen LogP contribution in [-0.4, -0.2) is 36.8 Å². The Morgan fingerprint density at radius 2 is 1.96 bits per heavy atom. The first-order valence-corrected chi connectivity index (χ1v) is 8.01. The summed E-state index contributed by atoms with van der Waals surface area (Å²) < 4.78 is 5.78. The van der Waals surface area contributed by atoms with Crippen LogP contribution >= 0.6 is 15.9 Å². The molecule has 2 aromatic carbocycles. The third-order valence-electron chi connectivity index (χ3n) is 3.14. The number of methoxy groups -OCH3 is 1. The van der Waals surface area contributed by atoms with Gasteiger partial charge >= 0.3 is 0 Å². The van der Waals surface area contributed by atoms with E-state index in [2.05, 4.69) is 31.8 Å². The Bertz CT molecular complexity index is 791. The average Bonchev–Trinajstić information content (AvgIpc) is 2.62. The van der Waals surface area contributed by atoms with Crippen molar-refractivity contribution in [1.82, 2.24) is 10.7 Å². The largest absolute Gasteiger partial charge is 0.507 e. The van der Waals surface area contributed by atoms with Gasteiger partial charge in [0.15, 0.2) is 0 Å². The van der Waals surface area contributed by atoms with Gasteiger partial charge in [0.25, 0.3) is 11.8 Å². The first-order chi connectivity index (χ1) is 12.0. The summed E-state index contributed by atoms with van der Waals surface area (Å²) in [6.07, 6.45) is 1.31. The number of carbonyl (C=O) groups is 2. The number of ether oxygens (including phenoxy) is 1. The molecule has 0 aliphatic carbocycles. The predicted molar refractivity (Wildman–Crippen MR) is 96.9 cm³/mol. The highest BCUT2D eigenvalue weighted by Gasteiger charge is 2.07. The summed E-state index contributed by atoms with van der Waals surface area (Å²) in [5.41, 5.74) is 3.13. The molecule has 0 heterocycles. The molecule has 0 fully saturated rings. The van der Waals surface area contributed by atoms with Crippen LogP contribution in [0, 0.1) is 0 Å². The smallest absolute Gasteiger partial charge is 0.259 e. The molecule has 0 unspecified atom stereocenters. The summed E-state index contributed by atoms with van der Waals surface area (Å²) in [6.45, 7) is -0.229. The highest BCUT2D eigenvalue weighted by molar-refractivity contribution is 9.10. The van der Waals surface area contributed by atoms with Gasteiger partial charge in [0.1, 0.15) is 11.5 Å². The predicted octanol–water partition coefficient (Wildman–Crippen LogP) is 2.04. The van der Waals surface area contributed by atoms with Crippen LogP contribution in [0.15, 0.2) is 52.0 Å². The van der Waals surface area contributed by atoms with Gasteiger partial charge in [-0.05, 0) is 42.5 Å². The fraction of sp³-hybridized carbons (Fsp3) is 0.118. The number of phenols is 1. The van der Waals surface area contributed by atoms with Crippen molar-refractivity contribution in [1.29, 1.82) is 0 Å². The van der Waals surface area contributed by atoms with Crippen LogP contribution in [0.25, 0.3) is 0 Å². The number of rotatable bonds is 6. The van der Waals surface area contributed by atoms with Gasteiger partial charge in [0.2, 0.25) is 0 Å². The van der Waals surface area contributed by atoms with Gasteiger partial charge in [-0.25, -0.2) is 5.43 Å². The first-order valence-electron chi connectivity index (χ1n) is 7.22. The van der Waals surface area contributed by atoms with Crippen molar-refractivity contribution in [2.24, 2.45) is 5.10 Å². The molecule has 25 heavy (non-hydrogen) atoms. The normalized spacial score (nSPS) is 10.5. The van der Waals surface area contributed by atoms with E-state index in [4.69, 9.17) is 4.74 Å². The minimum atomic E-state index is -0.493. The Kier molecular flexibility index (Phi) is 6.53. The lowest BCUT2D eigenvalue weighted by atomic mass is 10.2. The standard InChI is InChI=1S/C17H16BrN3O4/c1-25-14-5-2-11(3-6-14)17(24)19-10-16(23)21-20-9-12-8-13(18)4-7-15(12)22/h2-9,22H,10H2,1H3,(H,19,24)(H,21,23)/b20-9+. The third kappa shape index (κ3) is 5.61. The zero-order chi connectivity index (χ0) is 18.2. The lowest BCUT2D eigenvalue weighted by Crippen LogP contribution is -2.34. The van der Waals surface area contributed by atoms with Gasteiger partial charge in [-0.2, -0.15) is 5.10 Å². The number of nitrogens with zero attached hydrogens (tertiary/aromatic N) is 1. The molecule has 0 aromatic heterocycles. The fourth-order valence-electron chi connectivity index (χ4n) is 1.85. The molecular formula is C17H16BrN3O4. The number of phenolic OH excluding ortho intramolecular Hbond substituents is 1. The SMILES string of the molecule is COc1ccc(C(=O)NCC(=O)N/N=C/c2cc(Br)ccc2O)cc1. The van der Waals surface area contributed by atoms with Crippen LogP contribution in [0.5, 0.6) is 11.5 Å². The molecule has 130 valence electrons. The second-order valence-corrected chi connectivity index (χ2v) is 5.82. The Morgan fingerprint density at radius 1 is 1.24 bits per heavy atom. The minimum absolute atomic E-state index is 0.0361. The molecule has 0 aliphatic heterocycles. The van der Waals surface area contributed by atoms with Gasteiger partial charge in [-0.15, -0.1) is 0 Å². The Labute approximate surface area is 152 Å². The maximum Gasteiger partial charge on any atom is 0.259 e. The second-order valence-electron chi connectivity index (χ2n) is 4.91. The van der Waals surface area contributed by atoms with E-state index in [1.807, 2.05) is 0 Å². The molecule has 0 aliphatic rings. The zero-order valence-corrected chi connectivity index (χ0v) is 14.9. The highest BCUT2D eigenvalue weighted by Crippen LogP contribution is 2.19. The van der Waals surface area contributed by atoms with E-state index in [0.29, 0.717) is 16.9 Å². The minimum Gasteiger partial charge on any atom is -0.507 e. The van der Waals surface area contributed by atoms with Crippen LogP contribution < -0.4 is 15.5 Å². The van der Waals surface area contributed by atoms with Crippen molar-refractivity contribution in [3.05, 3.63) is 58.1 Å². The molecule has 7 nitrogen and oxygen atoms in total. The molecule has 3 N–H and O–H groups in total. The van der Waals surface area contributed by atoms with Gasteiger partial charge in [0.05, 0.1) is 19.9 Å². The quantitative estimate of drug-likeness (QED) is 0.505. The maximum absolute atomic E-state index is 11.9. The van der Waals surface area contributed by atoms with Gasteiger partial charge in [-0.1, -0.05) is 15.9 Å². The van der Waals surface area contributed by atoms with Crippen molar-refractivity contribution in [2.45, 2.75) is 0 Å². The number of nitrogens with one attached hydrogen (secondary N) is 2. The van der Waals surface area contributed by atoms with Crippen LogP contribution in [-0.2, 0) is 4.79 Å². The molecule has 0 radical (unpaired) electrons. The molecule has 0 saturated heterocycles. The lowest BCUT2D eigenvalue weighted by molar-refractivity contribution is -0.120. The molecule has 2 aromatic rings. The monoisotopic (exact) mass is 405 g/mol. The van der Waals surface area contributed by atoms with Crippen LogP contribution in [0.1, 0.15) is 15.9 Å².